The summed E-state index contributed by atoms with van der Waals surface area (Å²) in [5.74, 6) is -0.663. The van der Waals surface area contributed by atoms with E-state index in [9.17, 15) is 23.1 Å². The molecule has 0 saturated heterocycles. The van der Waals surface area contributed by atoms with Gasteiger partial charge in [-0.2, -0.15) is 0 Å². The molecule has 0 aromatic heterocycles. The van der Waals surface area contributed by atoms with Crippen LogP contribution in [0.15, 0.2) is 56.9 Å². The molecule has 170 valence electrons. The molecule has 0 amide bonds. The van der Waals surface area contributed by atoms with Gasteiger partial charge in [-0.1, -0.05) is 41.9 Å². The molecule has 0 spiro atoms. The molecule has 3 aromatic rings. The molecule has 9 nitrogen and oxygen atoms in total. The molecule has 0 aliphatic carbocycles. The number of hydrogen-bond acceptors (Lipinski definition) is 8. The van der Waals surface area contributed by atoms with Gasteiger partial charge in [0, 0.05) is 27.7 Å². The summed E-state index contributed by atoms with van der Waals surface area (Å²) in [6.45, 7) is 0.201. The lowest BCUT2D eigenvalue weighted by atomic mass is 10.1. The maximum atomic E-state index is 12.5. The minimum Gasteiger partial charge on any atom is -0.504 e. The number of nitrogens with zero attached hydrogens (tertiary/aromatic N) is 1. The normalized spacial score (nSPS) is 12.8. The fourth-order valence-electron chi connectivity index (χ4n) is 3.09. The third-order valence-corrected chi connectivity index (χ3v) is 7.23. The van der Waals surface area contributed by atoms with Crippen LogP contribution in [0.25, 0.3) is 0 Å². The van der Waals surface area contributed by atoms with Crippen molar-refractivity contribution in [3.8, 4) is 5.75 Å². The molecule has 0 unspecified atom stereocenters. The molecule has 0 saturated carbocycles. The van der Waals surface area contributed by atoms with E-state index >= 15 is 0 Å². The number of hydrogen-bond donors (Lipinski definition) is 3. The Labute approximate surface area is 190 Å². The van der Waals surface area contributed by atoms with E-state index in [4.69, 9.17) is 16.3 Å². The number of nitrogens with one attached hydrogen (secondary N) is 2. The van der Waals surface area contributed by atoms with Crippen molar-refractivity contribution in [3.05, 3.63) is 73.5 Å². The molecule has 11 heteroatoms. The first kappa shape index (κ1) is 23.7. The lowest BCUT2D eigenvalue weighted by molar-refractivity contribution is 0.114. The van der Waals surface area contributed by atoms with Gasteiger partial charge in [0.2, 0.25) is 10.0 Å². The summed E-state index contributed by atoms with van der Waals surface area (Å²) >= 11 is 6.00. The van der Waals surface area contributed by atoms with Crippen LogP contribution in [-0.2, 0) is 14.8 Å². The van der Waals surface area contributed by atoms with Crippen molar-refractivity contribution in [3.63, 3.8) is 0 Å². The third-order valence-electron chi connectivity index (χ3n) is 4.91. The summed E-state index contributed by atoms with van der Waals surface area (Å²) in [5, 5.41) is 15.9. The number of anilines is 3. The Morgan fingerprint density at radius 3 is 2.28 bits per heavy atom. The number of rotatable bonds is 9. The third kappa shape index (κ3) is 4.35. The van der Waals surface area contributed by atoms with Crippen molar-refractivity contribution >= 4 is 38.7 Å². The number of benzene rings is 2. The summed E-state index contributed by atoms with van der Waals surface area (Å²) < 4.78 is 31.4. The topological polar surface area (TPSA) is 125 Å². The van der Waals surface area contributed by atoms with Gasteiger partial charge in [0.1, 0.15) is 16.3 Å². The summed E-state index contributed by atoms with van der Waals surface area (Å²) in [6.07, 6.45) is -0.380. The zero-order valence-corrected chi connectivity index (χ0v) is 19.1. The number of sulfonamides is 1. The molecule has 0 aliphatic rings. The number of phenolic OH excluding ortho intramolecular Hbond substituents is 1. The predicted molar refractivity (Wildman–Crippen MR) is 123 cm³/mol. The van der Waals surface area contributed by atoms with Gasteiger partial charge in [-0.15, -0.1) is 0 Å². The molecular weight excluding hydrogens is 458 g/mol. The molecule has 3 N–H and O–H groups in total. The van der Waals surface area contributed by atoms with Crippen molar-refractivity contribution in [2.45, 2.75) is 11.0 Å². The van der Waals surface area contributed by atoms with E-state index in [1.165, 1.54) is 33.3 Å². The smallest absolute Gasteiger partial charge is 0.253 e. The Morgan fingerprint density at radius 1 is 1.06 bits per heavy atom. The molecule has 1 atom stereocenters. The van der Waals surface area contributed by atoms with Crippen LogP contribution in [0.1, 0.15) is 11.7 Å². The highest BCUT2D eigenvalue weighted by Gasteiger charge is 2.29. The Hall–Kier alpha value is -2.92. The van der Waals surface area contributed by atoms with Crippen molar-refractivity contribution in [2.24, 2.45) is 0 Å². The Morgan fingerprint density at radius 2 is 1.69 bits per heavy atom. The van der Waals surface area contributed by atoms with Crippen LogP contribution < -0.4 is 21.5 Å². The molecule has 0 aliphatic heterocycles. The summed E-state index contributed by atoms with van der Waals surface area (Å²) in [5.41, 5.74) is -0.818. The maximum Gasteiger partial charge on any atom is 0.253 e. The van der Waals surface area contributed by atoms with Gasteiger partial charge < -0.3 is 20.5 Å². The highest BCUT2D eigenvalue weighted by molar-refractivity contribution is 7.89. The molecule has 0 radical (unpaired) electrons. The van der Waals surface area contributed by atoms with Gasteiger partial charge >= 0.3 is 0 Å². The molecule has 3 rings (SSSR count). The number of phenols is 1. The maximum absolute atomic E-state index is 12.5. The van der Waals surface area contributed by atoms with Crippen molar-refractivity contribution < 1.29 is 18.3 Å². The first-order valence-electron chi connectivity index (χ1n) is 9.45. The second-order valence-corrected chi connectivity index (χ2v) is 9.61. The van der Waals surface area contributed by atoms with Gasteiger partial charge in [0.15, 0.2) is 5.75 Å². The van der Waals surface area contributed by atoms with Crippen LogP contribution in [0.5, 0.6) is 5.75 Å². The SMILES string of the molecule is CO[C@@H](CNc1c(Nc2ccc(Cl)c(S(=O)(=O)N(C)C)c2O)c(=O)c1=O)c1ccccc1. The Balaban J connectivity index is 1.89. The number of methoxy groups -OCH3 is 1. The van der Waals surface area contributed by atoms with E-state index in [0.717, 1.165) is 9.87 Å². The predicted octanol–water partition coefficient (Wildman–Crippen LogP) is 2.44. The number of ether oxygens (including phenoxy) is 1. The molecular formula is C21H22ClN3O6S. The van der Waals surface area contributed by atoms with Crippen molar-refractivity contribution in [2.75, 3.05) is 38.4 Å². The van der Waals surface area contributed by atoms with Gasteiger partial charge in [-0.25, -0.2) is 12.7 Å². The first-order chi connectivity index (χ1) is 15.1. The van der Waals surface area contributed by atoms with E-state index < -0.39 is 31.5 Å². The van der Waals surface area contributed by atoms with Gasteiger partial charge in [0.25, 0.3) is 10.9 Å². The van der Waals surface area contributed by atoms with Crippen LogP contribution >= 0.6 is 11.6 Å². The summed E-state index contributed by atoms with van der Waals surface area (Å²) in [7, 11) is 0.0486. The van der Waals surface area contributed by atoms with Gasteiger partial charge in [-0.3, -0.25) is 9.59 Å². The highest BCUT2D eigenvalue weighted by Crippen LogP contribution is 2.39. The van der Waals surface area contributed by atoms with Gasteiger partial charge in [-0.05, 0) is 17.7 Å². The number of halogens is 1. The fraction of sp³-hybridized carbons (Fsp3) is 0.238. The number of aromatic hydroxyl groups is 1. The van der Waals surface area contributed by atoms with E-state index in [1.54, 1.807) is 0 Å². The minimum absolute atomic E-state index is 0.0133. The van der Waals surface area contributed by atoms with Gasteiger partial charge in [0.05, 0.1) is 16.8 Å². The molecule has 0 heterocycles. The van der Waals surface area contributed by atoms with Crippen LogP contribution in [0.4, 0.5) is 17.1 Å². The molecule has 0 fully saturated rings. The van der Waals surface area contributed by atoms with Crippen LogP contribution in [-0.4, -0.2) is 45.6 Å². The quantitative estimate of drug-likeness (QED) is 0.315. The highest BCUT2D eigenvalue weighted by atomic mass is 35.5. The monoisotopic (exact) mass is 479 g/mol. The Bertz CT molecular complexity index is 1300. The Kier molecular flexibility index (Phi) is 6.89. The van der Waals surface area contributed by atoms with E-state index in [1.807, 2.05) is 30.3 Å². The lowest BCUT2D eigenvalue weighted by Gasteiger charge is -2.21. The molecule has 3 aromatic carbocycles. The standard InChI is InChI=1S/C21H22ClN3O6S/c1-25(2)32(29,30)21-13(22)9-10-14(18(21)26)24-17-16(19(27)20(17)28)23-11-15(31-3)12-7-5-4-6-8-12/h4-10,15,23-24,26H,11H2,1-3H3/t15-/m0/s1. The molecule has 32 heavy (non-hydrogen) atoms. The van der Waals surface area contributed by atoms with Crippen molar-refractivity contribution in [1.29, 1.82) is 0 Å². The minimum atomic E-state index is -4.07. The summed E-state index contributed by atoms with van der Waals surface area (Å²) in [4.78, 5) is 23.8. The summed E-state index contributed by atoms with van der Waals surface area (Å²) in [6, 6.07) is 11.9. The van der Waals surface area contributed by atoms with Crippen LogP contribution in [0, 0.1) is 0 Å². The largest absolute Gasteiger partial charge is 0.504 e. The molecule has 0 bridgehead atoms. The van der Waals surface area contributed by atoms with E-state index in [2.05, 4.69) is 10.6 Å². The van der Waals surface area contributed by atoms with Crippen LogP contribution in [0.2, 0.25) is 5.02 Å². The fourth-order valence-corrected chi connectivity index (χ4v) is 4.57. The van der Waals surface area contributed by atoms with E-state index in [0.29, 0.717) is 0 Å². The lowest BCUT2D eigenvalue weighted by Crippen LogP contribution is -2.37. The first-order valence-corrected chi connectivity index (χ1v) is 11.3. The average molecular weight is 480 g/mol. The zero-order chi connectivity index (χ0) is 23.6. The van der Waals surface area contributed by atoms with Crippen molar-refractivity contribution in [1.82, 2.24) is 4.31 Å². The second-order valence-electron chi connectivity index (χ2n) is 7.11. The second kappa shape index (κ2) is 9.29. The van der Waals surface area contributed by atoms with Crippen LogP contribution in [0.3, 0.4) is 0 Å². The zero-order valence-electron chi connectivity index (χ0n) is 17.5. The average Bonchev–Trinajstić information content (AvgIpc) is 2.77. The van der Waals surface area contributed by atoms with E-state index in [-0.39, 0.29) is 34.7 Å².